The van der Waals surface area contributed by atoms with E-state index in [1.807, 2.05) is 0 Å². The van der Waals surface area contributed by atoms with Crippen LogP contribution in [0.25, 0.3) is 0 Å². The standard InChI is InChI=1S/C15H18Cl2N2O5S/c16-10-8-11(17)14(20)13(9-10)25(22,23)19-5-3-18(4-6-19)15(21)12-2-1-7-24-12/h8-9,12,20H,1-7H2. The van der Waals surface area contributed by atoms with Crippen LogP contribution in [0.3, 0.4) is 0 Å². The first-order valence-corrected chi connectivity index (χ1v) is 10.1. The molecule has 2 aliphatic heterocycles. The Bertz CT molecular complexity index is 772. The highest BCUT2D eigenvalue weighted by molar-refractivity contribution is 7.89. The van der Waals surface area contributed by atoms with Gasteiger partial charge in [0.25, 0.3) is 5.91 Å². The van der Waals surface area contributed by atoms with Crippen molar-refractivity contribution < 1.29 is 23.1 Å². The molecule has 10 heteroatoms. The topological polar surface area (TPSA) is 87.2 Å². The van der Waals surface area contributed by atoms with Gasteiger partial charge < -0.3 is 14.7 Å². The summed E-state index contributed by atoms with van der Waals surface area (Å²) in [5, 5.41) is 9.99. The number of hydrogen-bond donors (Lipinski definition) is 1. The molecule has 2 aliphatic rings. The van der Waals surface area contributed by atoms with Gasteiger partial charge in [-0.25, -0.2) is 8.42 Å². The zero-order valence-electron chi connectivity index (χ0n) is 13.3. The smallest absolute Gasteiger partial charge is 0.251 e. The van der Waals surface area contributed by atoms with Crippen molar-refractivity contribution in [1.82, 2.24) is 9.21 Å². The molecule has 25 heavy (non-hydrogen) atoms. The van der Waals surface area contributed by atoms with Gasteiger partial charge in [0, 0.05) is 37.8 Å². The molecule has 1 unspecified atom stereocenters. The van der Waals surface area contributed by atoms with Crippen LogP contribution >= 0.6 is 23.2 Å². The van der Waals surface area contributed by atoms with Crippen LogP contribution in [-0.2, 0) is 19.6 Å². The lowest BCUT2D eigenvalue weighted by Crippen LogP contribution is -2.52. The van der Waals surface area contributed by atoms with Crippen LogP contribution in [-0.4, -0.2) is 67.5 Å². The summed E-state index contributed by atoms with van der Waals surface area (Å²) in [6.07, 6.45) is 1.14. The Hall–Kier alpha value is -1.06. The van der Waals surface area contributed by atoms with E-state index in [1.165, 1.54) is 16.4 Å². The van der Waals surface area contributed by atoms with Crippen LogP contribution in [0, 0.1) is 0 Å². The van der Waals surface area contributed by atoms with Crippen molar-refractivity contribution >= 4 is 39.1 Å². The normalized spacial score (nSPS) is 22.3. The Kier molecular flexibility index (Phi) is 5.45. The van der Waals surface area contributed by atoms with E-state index in [0.717, 1.165) is 6.42 Å². The molecule has 0 aliphatic carbocycles. The Morgan fingerprint density at radius 2 is 1.88 bits per heavy atom. The molecule has 2 heterocycles. The van der Waals surface area contributed by atoms with E-state index < -0.39 is 21.9 Å². The average Bonchev–Trinajstić information content (AvgIpc) is 3.12. The Labute approximate surface area is 156 Å². The zero-order chi connectivity index (χ0) is 18.2. The third-order valence-corrected chi connectivity index (χ3v) is 6.78. The number of carbonyl (C=O) groups is 1. The molecule has 0 radical (unpaired) electrons. The second-order valence-electron chi connectivity index (χ2n) is 5.97. The molecule has 2 fully saturated rings. The number of phenols is 1. The van der Waals surface area contributed by atoms with Crippen molar-refractivity contribution in [2.24, 2.45) is 0 Å². The molecule has 1 aromatic rings. The Morgan fingerprint density at radius 3 is 2.48 bits per heavy atom. The minimum absolute atomic E-state index is 0.0943. The van der Waals surface area contributed by atoms with Crippen molar-refractivity contribution in [3.8, 4) is 5.75 Å². The summed E-state index contributed by atoms with van der Waals surface area (Å²) in [6, 6.07) is 2.44. The van der Waals surface area contributed by atoms with Gasteiger partial charge in [0.05, 0.1) is 5.02 Å². The maximum atomic E-state index is 12.8. The van der Waals surface area contributed by atoms with Gasteiger partial charge in [-0.05, 0) is 25.0 Å². The van der Waals surface area contributed by atoms with Crippen LogP contribution in [0.1, 0.15) is 12.8 Å². The third-order valence-electron chi connectivity index (χ3n) is 4.37. The van der Waals surface area contributed by atoms with Crippen molar-refractivity contribution in [3.05, 3.63) is 22.2 Å². The first-order valence-electron chi connectivity index (χ1n) is 7.89. The molecular formula is C15H18Cl2N2O5S. The number of benzene rings is 1. The molecular weight excluding hydrogens is 391 g/mol. The van der Waals surface area contributed by atoms with Crippen LogP contribution in [0.15, 0.2) is 17.0 Å². The molecule has 2 saturated heterocycles. The third kappa shape index (κ3) is 3.73. The molecule has 1 aromatic carbocycles. The molecule has 1 amide bonds. The molecule has 3 rings (SSSR count). The summed E-state index contributed by atoms with van der Waals surface area (Å²) >= 11 is 11.7. The van der Waals surface area contributed by atoms with E-state index in [-0.39, 0.29) is 47.0 Å². The highest BCUT2D eigenvalue weighted by Gasteiger charge is 2.35. The first kappa shape index (κ1) is 18.7. The van der Waals surface area contributed by atoms with Crippen LogP contribution in [0.5, 0.6) is 5.75 Å². The SMILES string of the molecule is O=C(C1CCCO1)N1CCN(S(=O)(=O)c2cc(Cl)cc(Cl)c2O)CC1. The Balaban J connectivity index is 1.73. The largest absolute Gasteiger partial charge is 0.505 e. The molecule has 0 bridgehead atoms. The second-order valence-corrected chi connectivity index (χ2v) is 8.72. The molecule has 138 valence electrons. The number of phenolic OH excluding ortho intramolecular Hbond substituents is 1. The highest BCUT2D eigenvalue weighted by atomic mass is 35.5. The van der Waals surface area contributed by atoms with Crippen molar-refractivity contribution in [3.63, 3.8) is 0 Å². The van der Waals surface area contributed by atoms with Gasteiger partial charge in [-0.15, -0.1) is 0 Å². The van der Waals surface area contributed by atoms with Gasteiger partial charge in [-0.2, -0.15) is 4.31 Å². The number of aromatic hydroxyl groups is 1. The summed E-state index contributed by atoms with van der Waals surface area (Å²) in [4.78, 5) is 13.6. The number of amides is 1. The monoisotopic (exact) mass is 408 g/mol. The predicted molar refractivity (Wildman–Crippen MR) is 92.4 cm³/mol. The van der Waals surface area contributed by atoms with E-state index in [9.17, 15) is 18.3 Å². The second kappa shape index (κ2) is 7.28. The van der Waals surface area contributed by atoms with E-state index in [1.54, 1.807) is 4.90 Å². The fraction of sp³-hybridized carbons (Fsp3) is 0.533. The van der Waals surface area contributed by atoms with Crippen molar-refractivity contribution in [1.29, 1.82) is 0 Å². The van der Waals surface area contributed by atoms with E-state index in [4.69, 9.17) is 27.9 Å². The first-order chi connectivity index (χ1) is 11.8. The lowest BCUT2D eigenvalue weighted by molar-refractivity contribution is -0.142. The maximum absolute atomic E-state index is 12.8. The van der Waals surface area contributed by atoms with Gasteiger partial charge in [-0.1, -0.05) is 23.2 Å². The predicted octanol–water partition coefficient (Wildman–Crippen LogP) is 1.71. The molecule has 7 nitrogen and oxygen atoms in total. The molecule has 1 atom stereocenters. The molecule has 0 aromatic heterocycles. The fourth-order valence-corrected chi connectivity index (χ4v) is 5.17. The van der Waals surface area contributed by atoms with Crippen LogP contribution < -0.4 is 0 Å². The highest BCUT2D eigenvalue weighted by Crippen LogP contribution is 2.36. The minimum Gasteiger partial charge on any atom is -0.505 e. The number of hydrogen-bond acceptors (Lipinski definition) is 5. The minimum atomic E-state index is -3.96. The maximum Gasteiger partial charge on any atom is 0.251 e. The van der Waals surface area contributed by atoms with E-state index in [2.05, 4.69) is 0 Å². The van der Waals surface area contributed by atoms with Gasteiger partial charge in [-0.3, -0.25) is 4.79 Å². The van der Waals surface area contributed by atoms with Crippen molar-refractivity contribution in [2.75, 3.05) is 32.8 Å². The van der Waals surface area contributed by atoms with Gasteiger partial charge >= 0.3 is 0 Å². The lowest BCUT2D eigenvalue weighted by Gasteiger charge is -2.35. The van der Waals surface area contributed by atoms with Gasteiger partial charge in [0.1, 0.15) is 11.0 Å². The fourth-order valence-electron chi connectivity index (χ4n) is 3.00. The van der Waals surface area contributed by atoms with Crippen LogP contribution in [0.4, 0.5) is 0 Å². The summed E-state index contributed by atoms with van der Waals surface area (Å²) < 4.78 is 32.1. The molecule has 0 saturated carbocycles. The number of ether oxygens (including phenoxy) is 1. The number of piperazine rings is 1. The van der Waals surface area contributed by atoms with E-state index in [0.29, 0.717) is 13.0 Å². The number of sulfonamides is 1. The van der Waals surface area contributed by atoms with Gasteiger partial charge in [0.2, 0.25) is 10.0 Å². The Morgan fingerprint density at radius 1 is 1.20 bits per heavy atom. The number of carbonyl (C=O) groups excluding carboxylic acids is 1. The number of nitrogens with zero attached hydrogens (tertiary/aromatic N) is 2. The number of rotatable bonds is 3. The molecule has 0 spiro atoms. The van der Waals surface area contributed by atoms with Crippen LogP contribution in [0.2, 0.25) is 10.0 Å². The quantitative estimate of drug-likeness (QED) is 0.822. The average molecular weight is 409 g/mol. The van der Waals surface area contributed by atoms with Crippen molar-refractivity contribution in [2.45, 2.75) is 23.8 Å². The van der Waals surface area contributed by atoms with E-state index >= 15 is 0 Å². The number of halogens is 2. The molecule has 1 N–H and O–H groups in total. The lowest BCUT2D eigenvalue weighted by atomic mass is 10.2. The summed E-state index contributed by atoms with van der Waals surface area (Å²) in [5.74, 6) is -0.618. The van der Waals surface area contributed by atoms with Gasteiger partial charge in [0.15, 0.2) is 5.75 Å². The summed E-state index contributed by atoms with van der Waals surface area (Å²) in [5.41, 5.74) is 0. The zero-order valence-corrected chi connectivity index (χ0v) is 15.6. The summed E-state index contributed by atoms with van der Waals surface area (Å²) in [7, 11) is -3.96. The summed E-state index contributed by atoms with van der Waals surface area (Å²) in [6.45, 7) is 1.38.